The molecular weight excluding hydrogens is 285 g/mol. The average molecular weight is 300 g/mol. The second-order valence-electron chi connectivity index (χ2n) is 3.99. The van der Waals surface area contributed by atoms with Gasteiger partial charge in [0.25, 0.3) is 0 Å². The summed E-state index contributed by atoms with van der Waals surface area (Å²) in [6.45, 7) is 1.55. The summed E-state index contributed by atoms with van der Waals surface area (Å²) in [4.78, 5) is 2.03. The van der Waals surface area contributed by atoms with E-state index >= 15 is 0 Å². The van der Waals surface area contributed by atoms with Gasteiger partial charge in [0, 0.05) is 17.6 Å². The second kappa shape index (κ2) is 6.70. The van der Waals surface area contributed by atoms with Crippen LogP contribution in [-0.2, 0) is 0 Å². The van der Waals surface area contributed by atoms with Gasteiger partial charge in [0.15, 0.2) is 0 Å². The zero-order valence-electron chi connectivity index (χ0n) is 9.87. The summed E-state index contributed by atoms with van der Waals surface area (Å²) in [5, 5.41) is 12.2. The monoisotopic (exact) mass is 299 g/mol. The standard InChI is InChI=1S/C12H15BrFN3/c1-17(2)6-5-16-12(8-15)10-4-3-9(14)7-11(10)13/h3-4,7,12,16H,5-6H2,1-2H3. The molecule has 1 aromatic carbocycles. The van der Waals surface area contributed by atoms with Crippen LogP contribution in [0.15, 0.2) is 22.7 Å². The number of nitriles is 1. The normalized spacial score (nSPS) is 12.5. The first kappa shape index (κ1) is 14.1. The van der Waals surface area contributed by atoms with Crippen molar-refractivity contribution >= 4 is 15.9 Å². The third-order valence-corrected chi connectivity index (χ3v) is 3.00. The van der Waals surface area contributed by atoms with E-state index in [-0.39, 0.29) is 5.82 Å². The van der Waals surface area contributed by atoms with Gasteiger partial charge < -0.3 is 4.90 Å². The molecule has 0 spiro atoms. The molecule has 92 valence electrons. The van der Waals surface area contributed by atoms with Gasteiger partial charge in [-0.15, -0.1) is 0 Å². The van der Waals surface area contributed by atoms with Crippen LogP contribution in [0.4, 0.5) is 4.39 Å². The van der Waals surface area contributed by atoms with Gasteiger partial charge in [-0.25, -0.2) is 4.39 Å². The zero-order chi connectivity index (χ0) is 12.8. The van der Waals surface area contributed by atoms with Crippen LogP contribution in [0.3, 0.4) is 0 Å². The third kappa shape index (κ3) is 4.43. The molecule has 5 heteroatoms. The van der Waals surface area contributed by atoms with Crippen molar-refractivity contribution in [2.45, 2.75) is 6.04 Å². The Morgan fingerprint density at radius 3 is 2.76 bits per heavy atom. The van der Waals surface area contributed by atoms with Crippen molar-refractivity contribution in [2.24, 2.45) is 0 Å². The molecule has 1 N–H and O–H groups in total. The van der Waals surface area contributed by atoms with E-state index in [1.807, 2.05) is 19.0 Å². The molecule has 1 aromatic rings. The Morgan fingerprint density at radius 2 is 2.24 bits per heavy atom. The van der Waals surface area contributed by atoms with Crippen molar-refractivity contribution in [3.8, 4) is 6.07 Å². The molecule has 1 atom stereocenters. The fraction of sp³-hybridized carbons (Fsp3) is 0.417. The summed E-state index contributed by atoms with van der Waals surface area (Å²) in [6.07, 6.45) is 0. The third-order valence-electron chi connectivity index (χ3n) is 2.31. The maximum atomic E-state index is 12.9. The molecule has 0 saturated heterocycles. The van der Waals surface area contributed by atoms with Crippen LogP contribution in [0.25, 0.3) is 0 Å². The zero-order valence-corrected chi connectivity index (χ0v) is 11.5. The quantitative estimate of drug-likeness (QED) is 0.907. The Morgan fingerprint density at radius 1 is 1.53 bits per heavy atom. The molecular formula is C12H15BrFN3. The number of nitrogens with zero attached hydrogens (tertiary/aromatic N) is 2. The highest BCUT2D eigenvalue weighted by atomic mass is 79.9. The molecule has 1 unspecified atom stereocenters. The van der Waals surface area contributed by atoms with E-state index < -0.39 is 6.04 Å². The molecule has 0 aliphatic carbocycles. The van der Waals surface area contributed by atoms with Crippen molar-refractivity contribution in [3.05, 3.63) is 34.1 Å². The van der Waals surface area contributed by atoms with Crippen LogP contribution in [0.1, 0.15) is 11.6 Å². The predicted molar refractivity (Wildman–Crippen MR) is 69.0 cm³/mol. The number of nitrogens with one attached hydrogen (secondary N) is 1. The molecule has 3 nitrogen and oxygen atoms in total. The van der Waals surface area contributed by atoms with Crippen molar-refractivity contribution in [1.82, 2.24) is 10.2 Å². The summed E-state index contributed by atoms with van der Waals surface area (Å²) in [7, 11) is 3.94. The van der Waals surface area contributed by atoms with Crippen molar-refractivity contribution in [2.75, 3.05) is 27.2 Å². The molecule has 0 saturated carbocycles. The minimum Gasteiger partial charge on any atom is -0.308 e. The van der Waals surface area contributed by atoms with E-state index in [1.54, 1.807) is 6.07 Å². The summed E-state index contributed by atoms with van der Waals surface area (Å²) in [5.41, 5.74) is 0.757. The highest BCUT2D eigenvalue weighted by molar-refractivity contribution is 9.10. The van der Waals surface area contributed by atoms with Crippen molar-refractivity contribution in [3.63, 3.8) is 0 Å². The summed E-state index contributed by atoms with van der Waals surface area (Å²) in [6, 6.07) is 6.09. The van der Waals surface area contributed by atoms with Crippen LogP contribution < -0.4 is 5.32 Å². The highest BCUT2D eigenvalue weighted by Crippen LogP contribution is 2.23. The van der Waals surface area contributed by atoms with Gasteiger partial charge in [-0.05, 0) is 31.8 Å². The SMILES string of the molecule is CN(C)CCNC(C#N)c1ccc(F)cc1Br. The highest BCUT2D eigenvalue weighted by Gasteiger charge is 2.13. The van der Waals surface area contributed by atoms with Gasteiger partial charge in [-0.1, -0.05) is 22.0 Å². The van der Waals surface area contributed by atoms with Gasteiger partial charge in [-0.2, -0.15) is 5.26 Å². The molecule has 17 heavy (non-hydrogen) atoms. The maximum absolute atomic E-state index is 12.9. The van der Waals surface area contributed by atoms with Crippen LogP contribution in [0.5, 0.6) is 0 Å². The Hall–Kier alpha value is -0.960. The molecule has 1 rings (SSSR count). The summed E-state index contributed by atoms with van der Waals surface area (Å²) >= 11 is 3.27. The van der Waals surface area contributed by atoms with E-state index in [1.165, 1.54) is 12.1 Å². The first-order chi connectivity index (χ1) is 8.04. The first-order valence-electron chi connectivity index (χ1n) is 5.27. The Balaban J connectivity index is 2.70. The minimum atomic E-state index is -0.426. The fourth-order valence-electron chi connectivity index (χ4n) is 1.39. The summed E-state index contributed by atoms with van der Waals surface area (Å²) in [5.74, 6) is -0.314. The molecule has 0 bridgehead atoms. The van der Waals surface area contributed by atoms with E-state index in [2.05, 4.69) is 27.3 Å². The second-order valence-corrected chi connectivity index (χ2v) is 4.84. The lowest BCUT2D eigenvalue weighted by molar-refractivity contribution is 0.395. The lowest BCUT2D eigenvalue weighted by Crippen LogP contribution is -2.29. The molecule has 0 radical (unpaired) electrons. The van der Waals surface area contributed by atoms with Crippen LogP contribution >= 0.6 is 15.9 Å². The number of hydrogen-bond acceptors (Lipinski definition) is 3. The molecule has 0 amide bonds. The molecule has 0 aliphatic rings. The van der Waals surface area contributed by atoms with Crippen LogP contribution in [0, 0.1) is 17.1 Å². The number of rotatable bonds is 5. The minimum absolute atomic E-state index is 0.314. The van der Waals surface area contributed by atoms with Crippen LogP contribution in [-0.4, -0.2) is 32.1 Å². The molecule has 0 fully saturated rings. The Kier molecular flexibility index (Phi) is 5.56. The Labute approximate surface area is 109 Å². The topological polar surface area (TPSA) is 39.1 Å². The van der Waals surface area contributed by atoms with Crippen LogP contribution in [0.2, 0.25) is 0 Å². The molecule has 0 aromatic heterocycles. The fourth-order valence-corrected chi connectivity index (χ4v) is 1.97. The summed E-state index contributed by atoms with van der Waals surface area (Å²) < 4.78 is 13.5. The van der Waals surface area contributed by atoms with Gasteiger partial charge in [0.1, 0.15) is 11.9 Å². The number of hydrogen-bond donors (Lipinski definition) is 1. The van der Waals surface area contributed by atoms with Crippen molar-refractivity contribution < 1.29 is 4.39 Å². The van der Waals surface area contributed by atoms with Gasteiger partial charge in [-0.3, -0.25) is 5.32 Å². The first-order valence-corrected chi connectivity index (χ1v) is 6.06. The van der Waals surface area contributed by atoms with E-state index in [0.29, 0.717) is 11.0 Å². The smallest absolute Gasteiger partial charge is 0.124 e. The molecule has 0 aliphatic heterocycles. The van der Waals surface area contributed by atoms with Crippen molar-refractivity contribution in [1.29, 1.82) is 5.26 Å². The molecule has 0 heterocycles. The van der Waals surface area contributed by atoms with Gasteiger partial charge in [0.05, 0.1) is 6.07 Å². The Bertz CT molecular complexity index is 415. The average Bonchev–Trinajstić information content (AvgIpc) is 2.25. The maximum Gasteiger partial charge on any atom is 0.124 e. The largest absolute Gasteiger partial charge is 0.308 e. The predicted octanol–water partition coefficient (Wildman–Crippen LogP) is 2.30. The van der Waals surface area contributed by atoms with E-state index in [4.69, 9.17) is 5.26 Å². The van der Waals surface area contributed by atoms with E-state index in [0.717, 1.165) is 12.1 Å². The number of halogens is 2. The van der Waals surface area contributed by atoms with Gasteiger partial charge >= 0.3 is 0 Å². The number of likely N-dealkylation sites (N-methyl/N-ethyl adjacent to an activating group) is 1. The lowest BCUT2D eigenvalue weighted by Gasteiger charge is -2.15. The van der Waals surface area contributed by atoms with E-state index in [9.17, 15) is 4.39 Å². The van der Waals surface area contributed by atoms with Gasteiger partial charge in [0.2, 0.25) is 0 Å². The lowest BCUT2D eigenvalue weighted by atomic mass is 10.1. The number of benzene rings is 1.